The summed E-state index contributed by atoms with van der Waals surface area (Å²) in [7, 11) is 3.29. The quantitative estimate of drug-likeness (QED) is 0.112. The molecule has 0 unspecified atom stereocenters. The number of allylic oxidation sites excluding steroid dienone is 1. The number of halogens is 3. The zero-order valence-corrected chi connectivity index (χ0v) is 29.3. The largest absolute Gasteiger partial charge is 0.496 e. The lowest BCUT2D eigenvalue weighted by Gasteiger charge is -2.35. The number of nitrogens with zero attached hydrogens (tertiary/aromatic N) is 2. The maximum Gasteiger partial charge on any atom is 0.418 e. The van der Waals surface area contributed by atoms with Crippen LogP contribution in [0.4, 0.5) is 30.2 Å². The van der Waals surface area contributed by atoms with Gasteiger partial charge in [0.1, 0.15) is 23.5 Å². The summed E-state index contributed by atoms with van der Waals surface area (Å²) in [6.07, 6.45) is 2.75. The fourth-order valence-corrected chi connectivity index (χ4v) is 5.41. The number of carbonyl (C=O) groups is 2. The van der Waals surface area contributed by atoms with Gasteiger partial charge in [-0.2, -0.15) is 13.2 Å². The van der Waals surface area contributed by atoms with Gasteiger partial charge in [-0.15, -0.1) is 0 Å². The number of hydrogen-bond donors (Lipinski definition) is 3. The summed E-state index contributed by atoms with van der Waals surface area (Å²) in [5.74, 6) is 2.18. The number of amides is 1. The van der Waals surface area contributed by atoms with Crippen LogP contribution in [0.1, 0.15) is 51.2 Å². The molecule has 0 bridgehead atoms. The van der Waals surface area contributed by atoms with E-state index in [1.165, 1.54) is 12.1 Å². The third-order valence-electron chi connectivity index (χ3n) is 7.58. The number of methoxy groups -OCH3 is 1. The van der Waals surface area contributed by atoms with Crippen LogP contribution in [0.15, 0.2) is 79.5 Å². The molecule has 5 rings (SSSR count). The monoisotopic (exact) mass is 695 g/mol. The number of hydrogen-bond acceptors (Lipinski definition) is 8. The first kappa shape index (κ1) is 40.9. The van der Waals surface area contributed by atoms with Crippen LogP contribution in [0.5, 0.6) is 17.2 Å². The van der Waals surface area contributed by atoms with Crippen LogP contribution in [0.2, 0.25) is 0 Å². The molecule has 2 heterocycles. The van der Waals surface area contributed by atoms with Crippen molar-refractivity contribution in [3.8, 4) is 17.2 Å². The molecule has 3 aromatic carbocycles. The number of nitrogens with one attached hydrogen (secondary N) is 2. The predicted molar refractivity (Wildman–Crippen MR) is 197 cm³/mol. The van der Waals surface area contributed by atoms with Gasteiger partial charge in [-0.1, -0.05) is 39.8 Å². The predicted octanol–water partition coefficient (Wildman–Crippen LogP) is 8.63. The number of nitrogens with two attached hydrogens (primary N) is 1. The number of anilines is 3. The molecule has 0 spiro atoms. The Bertz CT molecular complexity index is 1650. The van der Waals surface area contributed by atoms with Gasteiger partial charge < -0.3 is 30.7 Å². The van der Waals surface area contributed by atoms with Crippen molar-refractivity contribution in [2.75, 3.05) is 42.8 Å². The number of aldehydes is 1. The van der Waals surface area contributed by atoms with Gasteiger partial charge in [0.2, 0.25) is 6.41 Å². The van der Waals surface area contributed by atoms with Gasteiger partial charge >= 0.3 is 6.18 Å². The number of aryl methyl sites for hydroxylation is 1. The fraction of sp³-hybridized carbons (Fsp3) is 0.342. The number of carbonyl (C=O) groups excluding carboxylic acids is 2. The van der Waals surface area contributed by atoms with Gasteiger partial charge in [-0.3, -0.25) is 14.6 Å². The molecule has 1 aromatic heterocycles. The topological polar surface area (TPSA) is 119 Å². The molecule has 12 heteroatoms. The molecule has 50 heavy (non-hydrogen) atoms. The molecule has 9 nitrogen and oxygen atoms in total. The van der Waals surface area contributed by atoms with Crippen LogP contribution >= 0.6 is 0 Å². The Morgan fingerprint density at radius 1 is 1.02 bits per heavy atom. The number of fused-ring (bicyclic) bond motifs is 1. The highest BCUT2D eigenvalue weighted by atomic mass is 19.4. The van der Waals surface area contributed by atoms with Gasteiger partial charge in [-0.25, -0.2) is 0 Å². The minimum atomic E-state index is -4.42. The first-order valence-corrected chi connectivity index (χ1v) is 16.5. The van der Waals surface area contributed by atoms with E-state index < -0.39 is 11.7 Å². The molecule has 1 fully saturated rings. The Labute approximate surface area is 292 Å². The number of benzene rings is 3. The third kappa shape index (κ3) is 11.7. The molecule has 4 aromatic rings. The lowest BCUT2D eigenvalue weighted by Crippen LogP contribution is -2.40. The van der Waals surface area contributed by atoms with Gasteiger partial charge in [-0.05, 0) is 79.4 Å². The zero-order chi connectivity index (χ0) is 37.1. The number of aromatic nitrogens is 1. The summed E-state index contributed by atoms with van der Waals surface area (Å²) in [6, 6.07) is 18.2. The average Bonchev–Trinajstić information content (AvgIpc) is 3.13. The van der Waals surface area contributed by atoms with E-state index in [0.717, 1.165) is 40.7 Å². The highest BCUT2D eigenvalue weighted by Gasteiger charge is 2.36. The molecular weight excluding hydrogens is 647 g/mol. The normalized spacial score (nSPS) is 12.4. The van der Waals surface area contributed by atoms with E-state index >= 15 is 0 Å². The minimum absolute atomic E-state index is 0.135. The summed E-state index contributed by atoms with van der Waals surface area (Å²) < 4.78 is 53.2. The van der Waals surface area contributed by atoms with Crippen LogP contribution in [-0.4, -0.2) is 51.0 Å². The van der Waals surface area contributed by atoms with E-state index in [9.17, 15) is 13.2 Å². The van der Waals surface area contributed by atoms with Crippen molar-refractivity contribution < 1.29 is 32.2 Å². The molecule has 4 N–H and O–H groups in total. The summed E-state index contributed by atoms with van der Waals surface area (Å²) >= 11 is 0. The van der Waals surface area contributed by atoms with Gasteiger partial charge in [0, 0.05) is 60.9 Å². The van der Waals surface area contributed by atoms with Gasteiger partial charge in [0.05, 0.1) is 18.2 Å². The second-order valence-electron chi connectivity index (χ2n) is 10.8. The second kappa shape index (κ2) is 21.0. The highest BCUT2D eigenvalue weighted by Crippen LogP contribution is 2.39. The zero-order valence-electron chi connectivity index (χ0n) is 29.3. The van der Waals surface area contributed by atoms with E-state index in [1.54, 1.807) is 32.5 Å². The first-order valence-electron chi connectivity index (χ1n) is 16.5. The van der Waals surface area contributed by atoms with Gasteiger partial charge in [0.15, 0.2) is 0 Å². The molecule has 1 amide bonds. The standard InChI is InChI=1S/C32H35F3N4O2.C3H4O.C2H6.CH3NO/c1-4-6-21-17-28-26(20-31(21)40-3)30(11-14-37-28)41-25-8-5-7-24(18-25)38-22-12-15-39(16-13-22)29-10-9-23(36-2)19-27(29)32(33,34)35;1-2-3-4;1-2;2-1-3/h5,7-11,14,17-20,22,36,38H,4,6,12-13,15-16H2,1-3H3;2-3H,1H2;1-2H3;1H,(H2,2,3). The maximum atomic E-state index is 13.8. The lowest BCUT2D eigenvalue weighted by atomic mass is 10.0. The van der Waals surface area contributed by atoms with Crippen LogP contribution in [0.3, 0.4) is 0 Å². The Morgan fingerprint density at radius 2 is 1.70 bits per heavy atom. The number of alkyl halides is 3. The fourth-order valence-electron chi connectivity index (χ4n) is 5.41. The lowest BCUT2D eigenvalue weighted by molar-refractivity contribution is -0.137. The van der Waals surface area contributed by atoms with Gasteiger partial charge in [0.25, 0.3) is 0 Å². The molecule has 0 saturated carbocycles. The van der Waals surface area contributed by atoms with E-state index in [1.807, 2.05) is 55.1 Å². The number of rotatable bonds is 10. The van der Waals surface area contributed by atoms with Crippen molar-refractivity contribution in [2.45, 2.75) is 58.7 Å². The summed E-state index contributed by atoms with van der Waals surface area (Å²) in [5.41, 5.74) is 7.10. The Hall–Kier alpha value is -5.26. The van der Waals surface area contributed by atoms with Crippen molar-refractivity contribution in [1.82, 2.24) is 4.98 Å². The second-order valence-corrected chi connectivity index (χ2v) is 10.8. The number of pyridine rings is 1. The van der Waals surface area contributed by atoms with Crippen molar-refractivity contribution in [1.29, 1.82) is 0 Å². The number of ether oxygens (including phenoxy) is 2. The van der Waals surface area contributed by atoms with E-state index in [-0.39, 0.29) is 18.1 Å². The highest BCUT2D eigenvalue weighted by molar-refractivity contribution is 5.87. The van der Waals surface area contributed by atoms with E-state index in [2.05, 4.69) is 40.9 Å². The Balaban J connectivity index is 0.000000872. The van der Waals surface area contributed by atoms with Crippen molar-refractivity contribution in [3.05, 3.63) is 90.6 Å². The van der Waals surface area contributed by atoms with E-state index in [0.29, 0.717) is 49.4 Å². The average molecular weight is 696 g/mol. The molecule has 1 saturated heterocycles. The maximum absolute atomic E-state index is 13.8. The summed E-state index contributed by atoms with van der Waals surface area (Å²) in [4.78, 5) is 24.0. The molecule has 1 aliphatic rings. The first-order chi connectivity index (χ1) is 24.1. The number of primary amides is 1. The summed E-state index contributed by atoms with van der Waals surface area (Å²) in [5, 5.41) is 7.22. The molecule has 270 valence electrons. The number of piperidine rings is 1. The SMILES string of the molecule is C=CC=O.CC.CCCc1cc2nccc(Oc3cccc(NC4CCN(c5ccc(NC)cc5C(F)(F)F)CC4)c3)c2cc1OC.NC=O. The molecular formula is C38H48F3N5O4. The van der Waals surface area contributed by atoms with Crippen molar-refractivity contribution in [3.63, 3.8) is 0 Å². The molecule has 0 radical (unpaired) electrons. The molecule has 0 atom stereocenters. The van der Waals surface area contributed by atoms with Crippen molar-refractivity contribution in [2.24, 2.45) is 5.73 Å². The van der Waals surface area contributed by atoms with E-state index in [4.69, 9.17) is 19.1 Å². The van der Waals surface area contributed by atoms with Crippen LogP contribution in [0, 0.1) is 0 Å². The Morgan fingerprint density at radius 3 is 2.28 bits per heavy atom. The Kier molecular flexibility index (Phi) is 17.2. The van der Waals surface area contributed by atoms with Crippen LogP contribution in [0.25, 0.3) is 10.9 Å². The van der Waals surface area contributed by atoms with Crippen LogP contribution in [-0.2, 0) is 22.2 Å². The molecule has 1 aliphatic heterocycles. The minimum Gasteiger partial charge on any atom is -0.496 e. The third-order valence-corrected chi connectivity index (χ3v) is 7.58. The smallest absolute Gasteiger partial charge is 0.418 e. The van der Waals surface area contributed by atoms with Crippen LogP contribution < -0.4 is 30.7 Å². The molecule has 0 aliphatic carbocycles. The summed E-state index contributed by atoms with van der Waals surface area (Å²) in [6.45, 7) is 10.3. The van der Waals surface area contributed by atoms with Crippen molar-refractivity contribution >= 4 is 40.7 Å².